The van der Waals surface area contributed by atoms with Crippen LogP contribution in [0.5, 0.6) is 0 Å². The van der Waals surface area contributed by atoms with E-state index in [1.807, 2.05) is 0 Å². The number of rotatable bonds is 7. The average molecular weight is 370 g/mol. The second-order valence-electron chi connectivity index (χ2n) is 6.11. The van der Waals surface area contributed by atoms with E-state index in [0.717, 1.165) is 5.76 Å². The molecule has 3 heteroatoms. The Hall–Kier alpha value is 0.546. The Morgan fingerprint density at radius 1 is 1.29 bits per heavy atom. The van der Waals surface area contributed by atoms with Gasteiger partial charge in [0.2, 0.25) is 0 Å². The fourth-order valence-electron chi connectivity index (χ4n) is 1.10. The van der Waals surface area contributed by atoms with Crippen LogP contribution in [-0.2, 0) is 4.43 Å². The van der Waals surface area contributed by atoms with Gasteiger partial charge in [0.25, 0.3) is 0 Å². The summed E-state index contributed by atoms with van der Waals surface area (Å²) in [5.41, 5.74) is 0. The zero-order chi connectivity index (χ0) is 13.5. The maximum absolute atomic E-state index is 6.23. The van der Waals surface area contributed by atoms with Crippen molar-refractivity contribution in [2.24, 2.45) is 0 Å². The molecule has 0 aliphatic rings. The van der Waals surface area contributed by atoms with E-state index in [2.05, 4.69) is 53.8 Å². The van der Waals surface area contributed by atoms with Crippen LogP contribution in [0.3, 0.4) is 0 Å². The SMILES string of the molecule is CCCC[Te]C/C=C(\C)O[Si](C)(C)C(C)(C)C. The van der Waals surface area contributed by atoms with E-state index in [9.17, 15) is 0 Å². The molecule has 0 fully saturated rings. The molecule has 0 aliphatic heterocycles. The molecule has 0 saturated carbocycles. The molecular weight excluding hydrogens is 340 g/mol. The first-order valence-corrected chi connectivity index (χ1v) is 12.8. The normalized spacial score (nSPS) is 13.9. The standard InChI is InChI=1S/C14H30OSiTe/c1-8-9-11-17-12-10-13(2)15-16(6,7)14(3,4)5/h10H,8-9,11-12H2,1-7H3/b13-10+. The molecule has 0 unspecified atom stereocenters. The minimum atomic E-state index is -1.60. The Bertz CT molecular complexity index is 241. The van der Waals surface area contributed by atoms with Crippen LogP contribution in [0.1, 0.15) is 47.5 Å². The summed E-state index contributed by atoms with van der Waals surface area (Å²) < 4.78 is 9.00. The third-order valence-corrected chi connectivity index (χ3v) is 10.6. The molecule has 0 bridgehead atoms. The molecule has 0 radical (unpaired) electrons. The number of unbranched alkanes of at least 4 members (excludes halogenated alkanes) is 1. The van der Waals surface area contributed by atoms with Gasteiger partial charge >= 0.3 is 120 Å². The summed E-state index contributed by atoms with van der Waals surface area (Å²) in [6.45, 7) is 15.9. The topological polar surface area (TPSA) is 9.23 Å². The predicted octanol–water partition coefficient (Wildman–Crippen LogP) is 5.25. The third-order valence-electron chi connectivity index (χ3n) is 3.35. The Morgan fingerprint density at radius 2 is 1.88 bits per heavy atom. The van der Waals surface area contributed by atoms with E-state index in [-0.39, 0.29) is 20.9 Å². The van der Waals surface area contributed by atoms with Gasteiger partial charge in [0.1, 0.15) is 0 Å². The fraction of sp³-hybridized carbons (Fsp3) is 0.857. The zero-order valence-electron chi connectivity index (χ0n) is 12.7. The van der Waals surface area contributed by atoms with Gasteiger partial charge in [-0.1, -0.05) is 0 Å². The van der Waals surface area contributed by atoms with Gasteiger partial charge in [-0.25, -0.2) is 0 Å². The summed E-state index contributed by atoms with van der Waals surface area (Å²) in [6.07, 6.45) is 5.09. The van der Waals surface area contributed by atoms with E-state index in [4.69, 9.17) is 4.43 Å². The van der Waals surface area contributed by atoms with Crippen LogP contribution in [0, 0.1) is 0 Å². The van der Waals surface area contributed by atoms with Gasteiger partial charge in [-0.2, -0.15) is 0 Å². The molecule has 17 heavy (non-hydrogen) atoms. The van der Waals surface area contributed by atoms with Crippen molar-refractivity contribution in [1.29, 1.82) is 0 Å². The van der Waals surface area contributed by atoms with Crippen molar-refractivity contribution >= 4 is 29.2 Å². The van der Waals surface area contributed by atoms with Gasteiger partial charge in [0.15, 0.2) is 0 Å². The Balaban J connectivity index is 4.07. The summed E-state index contributed by atoms with van der Waals surface area (Å²) in [4.78, 5) is 0. The monoisotopic (exact) mass is 372 g/mol. The van der Waals surface area contributed by atoms with Gasteiger partial charge in [0.05, 0.1) is 0 Å². The summed E-state index contributed by atoms with van der Waals surface area (Å²) in [5, 5.41) is 0.307. The van der Waals surface area contributed by atoms with Crippen LogP contribution >= 0.6 is 0 Å². The van der Waals surface area contributed by atoms with Crippen LogP contribution in [0.4, 0.5) is 0 Å². The molecule has 0 aromatic rings. The molecule has 0 atom stereocenters. The van der Waals surface area contributed by atoms with Crippen LogP contribution < -0.4 is 0 Å². The summed E-state index contributed by atoms with van der Waals surface area (Å²) in [7, 11) is -1.60. The number of hydrogen-bond acceptors (Lipinski definition) is 1. The average Bonchev–Trinajstić information content (AvgIpc) is 2.14. The Labute approximate surface area is 120 Å². The first-order chi connectivity index (χ1) is 7.70. The van der Waals surface area contributed by atoms with Crippen molar-refractivity contribution in [1.82, 2.24) is 0 Å². The quantitative estimate of drug-likeness (QED) is 0.338. The Morgan fingerprint density at radius 3 is 2.35 bits per heavy atom. The molecule has 0 aliphatic carbocycles. The summed E-state index contributed by atoms with van der Waals surface area (Å²) in [5.74, 6) is 1.16. The van der Waals surface area contributed by atoms with E-state index >= 15 is 0 Å². The molecule has 0 N–H and O–H groups in total. The molecule has 0 amide bonds. The molecule has 102 valence electrons. The van der Waals surface area contributed by atoms with Crippen molar-refractivity contribution in [3.63, 3.8) is 0 Å². The Kier molecular flexibility index (Phi) is 8.12. The molecule has 0 aromatic carbocycles. The van der Waals surface area contributed by atoms with Crippen molar-refractivity contribution in [3.05, 3.63) is 11.8 Å². The van der Waals surface area contributed by atoms with Crippen LogP contribution in [0.2, 0.25) is 27.1 Å². The molecule has 0 aromatic heterocycles. The number of hydrogen-bond donors (Lipinski definition) is 0. The molecule has 1 nitrogen and oxygen atoms in total. The van der Waals surface area contributed by atoms with Crippen molar-refractivity contribution in [2.45, 2.75) is 74.5 Å². The van der Waals surface area contributed by atoms with E-state index < -0.39 is 8.32 Å². The molecule has 0 heterocycles. The molecular formula is C14H30OSiTe. The van der Waals surface area contributed by atoms with Crippen molar-refractivity contribution in [3.8, 4) is 0 Å². The van der Waals surface area contributed by atoms with Gasteiger partial charge in [-0.3, -0.25) is 0 Å². The van der Waals surface area contributed by atoms with Crippen LogP contribution in [-0.4, -0.2) is 29.2 Å². The second-order valence-corrected chi connectivity index (χ2v) is 14.1. The zero-order valence-corrected chi connectivity index (χ0v) is 16.1. The van der Waals surface area contributed by atoms with Gasteiger partial charge in [-0.15, -0.1) is 0 Å². The predicted molar refractivity (Wildman–Crippen MR) is 82.3 cm³/mol. The van der Waals surface area contributed by atoms with Gasteiger partial charge < -0.3 is 0 Å². The summed E-state index contributed by atoms with van der Waals surface area (Å²) >= 11 is 0.204. The minimum absolute atomic E-state index is 0.204. The molecule has 0 rings (SSSR count). The van der Waals surface area contributed by atoms with Gasteiger partial charge in [0, 0.05) is 0 Å². The van der Waals surface area contributed by atoms with Crippen LogP contribution in [0.15, 0.2) is 11.8 Å². The van der Waals surface area contributed by atoms with E-state index in [0.29, 0.717) is 5.04 Å². The summed E-state index contributed by atoms with van der Waals surface area (Å²) in [6, 6.07) is 0. The van der Waals surface area contributed by atoms with E-state index in [1.54, 1.807) is 0 Å². The first kappa shape index (κ1) is 17.5. The third kappa shape index (κ3) is 7.54. The van der Waals surface area contributed by atoms with Crippen LogP contribution in [0.25, 0.3) is 0 Å². The van der Waals surface area contributed by atoms with Gasteiger partial charge in [-0.05, 0) is 0 Å². The first-order valence-electron chi connectivity index (χ1n) is 6.64. The maximum atomic E-state index is 6.23. The molecule has 0 saturated heterocycles. The fourth-order valence-corrected chi connectivity index (χ4v) is 5.19. The number of allylic oxidation sites excluding steroid dienone is 2. The van der Waals surface area contributed by atoms with E-state index in [1.165, 1.54) is 21.8 Å². The van der Waals surface area contributed by atoms with Crippen molar-refractivity contribution in [2.75, 3.05) is 0 Å². The van der Waals surface area contributed by atoms with Crippen molar-refractivity contribution < 1.29 is 4.43 Å². The second kappa shape index (κ2) is 7.87. The molecule has 0 spiro atoms.